The number of aromatic nitrogens is 1. The van der Waals surface area contributed by atoms with E-state index in [4.69, 9.17) is 0 Å². The molecule has 0 amide bonds. The topological polar surface area (TPSA) is 22.0 Å². The average molecular weight is 211 g/mol. The Bertz CT molecular complexity index is 552. The van der Waals surface area contributed by atoms with Crippen LogP contribution in [0.2, 0.25) is 0 Å². The summed E-state index contributed by atoms with van der Waals surface area (Å²) in [6.45, 7) is 0. The zero-order valence-electron chi connectivity index (χ0n) is 9.13. The van der Waals surface area contributed by atoms with Crippen molar-refractivity contribution >= 4 is 12.2 Å². The molecule has 0 spiro atoms. The van der Waals surface area contributed by atoms with Crippen LogP contribution in [0.5, 0.6) is 0 Å². The first kappa shape index (κ1) is 10.4. The number of benzene rings is 1. The van der Waals surface area contributed by atoms with Gasteiger partial charge in [-0.05, 0) is 11.6 Å². The molecule has 2 nitrogen and oxygen atoms in total. The van der Waals surface area contributed by atoms with Crippen molar-refractivity contribution in [1.29, 1.82) is 0 Å². The zero-order valence-corrected chi connectivity index (χ0v) is 9.13. The van der Waals surface area contributed by atoms with Gasteiger partial charge in [-0.2, -0.15) is 0 Å². The summed E-state index contributed by atoms with van der Waals surface area (Å²) >= 11 is 0. The SMILES string of the molecule is Cn1ccc(=O)c(/C=C/c2ccccc2)c1. The first-order chi connectivity index (χ1) is 7.75. The standard InChI is InChI=1S/C14H13NO/c1-15-10-9-14(16)13(11-15)8-7-12-5-3-2-4-6-12/h2-11H,1H3/b8-7+. The van der Waals surface area contributed by atoms with Gasteiger partial charge >= 0.3 is 0 Å². The minimum absolute atomic E-state index is 0.0466. The third-order valence-corrected chi connectivity index (χ3v) is 2.34. The zero-order chi connectivity index (χ0) is 11.4. The fourth-order valence-electron chi connectivity index (χ4n) is 1.48. The normalized spacial score (nSPS) is 10.8. The molecule has 2 rings (SSSR count). The maximum atomic E-state index is 11.5. The number of nitrogens with zero attached hydrogens (tertiary/aromatic N) is 1. The third-order valence-electron chi connectivity index (χ3n) is 2.34. The maximum Gasteiger partial charge on any atom is 0.188 e. The second kappa shape index (κ2) is 4.62. The summed E-state index contributed by atoms with van der Waals surface area (Å²) in [4.78, 5) is 11.5. The van der Waals surface area contributed by atoms with Crippen LogP contribution in [0.3, 0.4) is 0 Å². The molecule has 0 N–H and O–H groups in total. The lowest BCUT2D eigenvalue weighted by Crippen LogP contribution is -2.06. The van der Waals surface area contributed by atoms with E-state index in [2.05, 4.69) is 0 Å². The van der Waals surface area contributed by atoms with E-state index in [1.807, 2.05) is 60.3 Å². The van der Waals surface area contributed by atoms with Gasteiger partial charge in [0.05, 0.1) is 0 Å². The molecule has 0 atom stereocenters. The summed E-state index contributed by atoms with van der Waals surface area (Å²) in [5.41, 5.74) is 1.84. The fraction of sp³-hybridized carbons (Fsp3) is 0.0714. The first-order valence-electron chi connectivity index (χ1n) is 5.15. The van der Waals surface area contributed by atoms with Crippen molar-refractivity contribution in [2.45, 2.75) is 0 Å². The lowest BCUT2D eigenvalue weighted by atomic mass is 10.1. The predicted molar refractivity (Wildman–Crippen MR) is 67.1 cm³/mol. The van der Waals surface area contributed by atoms with Gasteiger partial charge in [0, 0.05) is 31.1 Å². The monoisotopic (exact) mass is 211 g/mol. The van der Waals surface area contributed by atoms with Crippen LogP contribution in [0.15, 0.2) is 53.6 Å². The molecule has 0 aliphatic rings. The molecular weight excluding hydrogens is 198 g/mol. The molecule has 2 heteroatoms. The van der Waals surface area contributed by atoms with Gasteiger partial charge in [0.1, 0.15) is 0 Å². The van der Waals surface area contributed by atoms with Crippen molar-refractivity contribution in [3.05, 3.63) is 70.1 Å². The highest BCUT2D eigenvalue weighted by atomic mass is 16.1. The molecule has 16 heavy (non-hydrogen) atoms. The Labute approximate surface area is 94.5 Å². The Morgan fingerprint density at radius 3 is 2.56 bits per heavy atom. The highest BCUT2D eigenvalue weighted by Crippen LogP contribution is 2.04. The Kier molecular flexibility index (Phi) is 3.01. The minimum atomic E-state index is 0.0466. The molecule has 0 unspecified atom stereocenters. The fourth-order valence-corrected chi connectivity index (χ4v) is 1.48. The Balaban J connectivity index is 2.31. The molecule has 0 aliphatic carbocycles. The lowest BCUT2D eigenvalue weighted by molar-refractivity contribution is 0.897. The molecule has 0 bridgehead atoms. The molecule has 0 saturated carbocycles. The van der Waals surface area contributed by atoms with E-state index in [1.54, 1.807) is 12.3 Å². The van der Waals surface area contributed by atoms with Crippen LogP contribution in [-0.4, -0.2) is 4.57 Å². The number of hydrogen-bond acceptors (Lipinski definition) is 1. The van der Waals surface area contributed by atoms with Crippen LogP contribution in [0.4, 0.5) is 0 Å². The maximum absolute atomic E-state index is 11.5. The molecular formula is C14H13NO. The van der Waals surface area contributed by atoms with Crippen molar-refractivity contribution < 1.29 is 0 Å². The molecule has 1 heterocycles. The van der Waals surface area contributed by atoms with Gasteiger partial charge in [0.2, 0.25) is 0 Å². The Morgan fingerprint density at radius 1 is 1.06 bits per heavy atom. The molecule has 0 fully saturated rings. The summed E-state index contributed by atoms with van der Waals surface area (Å²) in [6.07, 6.45) is 7.36. The molecule has 0 aliphatic heterocycles. The largest absolute Gasteiger partial charge is 0.356 e. The molecule has 2 aromatic rings. The number of hydrogen-bond donors (Lipinski definition) is 0. The summed E-state index contributed by atoms with van der Waals surface area (Å²) in [5, 5.41) is 0. The van der Waals surface area contributed by atoms with E-state index < -0.39 is 0 Å². The number of rotatable bonds is 2. The van der Waals surface area contributed by atoms with Gasteiger partial charge in [0.15, 0.2) is 5.43 Å². The highest BCUT2D eigenvalue weighted by Gasteiger charge is 1.93. The van der Waals surface area contributed by atoms with Gasteiger partial charge in [0.25, 0.3) is 0 Å². The van der Waals surface area contributed by atoms with Gasteiger partial charge in [-0.15, -0.1) is 0 Å². The van der Waals surface area contributed by atoms with E-state index in [9.17, 15) is 4.79 Å². The van der Waals surface area contributed by atoms with Crippen molar-refractivity contribution in [3.63, 3.8) is 0 Å². The van der Waals surface area contributed by atoms with Crippen LogP contribution in [0.1, 0.15) is 11.1 Å². The van der Waals surface area contributed by atoms with Crippen LogP contribution < -0.4 is 5.43 Å². The summed E-state index contributed by atoms with van der Waals surface area (Å²) < 4.78 is 1.87. The van der Waals surface area contributed by atoms with Crippen LogP contribution in [-0.2, 0) is 7.05 Å². The van der Waals surface area contributed by atoms with E-state index >= 15 is 0 Å². The quantitative estimate of drug-likeness (QED) is 0.748. The smallest absolute Gasteiger partial charge is 0.188 e. The van der Waals surface area contributed by atoms with Gasteiger partial charge in [-0.1, -0.05) is 36.4 Å². The summed E-state index contributed by atoms with van der Waals surface area (Å²) in [7, 11) is 1.90. The van der Waals surface area contributed by atoms with Crippen molar-refractivity contribution in [2.75, 3.05) is 0 Å². The van der Waals surface area contributed by atoms with Crippen molar-refractivity contribution in [1.82, 2.24) is 4.57 Å². The third kappa shape index (κ3) is 2.48. The van der Waals surface area contributed by atoms with Gasteiger partial charge < -0.3 is 4.57 Å². The van der Waals surface area contributed by atoms with E-state index in [0.29, 0.717) is 5.56 Å². The van der Waals surface area contributed by atoms with E-state index in [0.717, 1.165) is 5.56 Å². The molecule has 0 radical (unpaired) electrons. The lowest BCUT2D eigenvalue weighted by Gasteiger charge is -1.98. The molecule has 0 saturated heterocycles. The highest BCUT2D eigenvalue weighted by molar-refractivity contribution is 5.68. The predicted octanol–water partition coefficient (Wildman–Crippen LogP) is 2.56. The second-order valence-electron chi connectivity index (χ2n) is 3.67. The van der Waals surface area contributed by atoms with Gasteiger partial charge in [-0.25, -0.2) is 0 Å². The molecule has 80 valence electrons. The molecule has 1 aromatic carbocycles. The van der Waals surface area contributed by atoms with Gasteiger partial charge in [-0.3, -0.25) is 4.79 Å². The Morgan fingerprint density at radius 2 is 1.81 bits per heavy atom. The summed E-state index contributed by atoms with van der Waals surface area (Å²) in [6, 6.07) is 11.5. The minimum Gasteiger partial charge on any atom is -0.356 e. The van der Waals surface area contributed by atoms with E-state index in [-0.39, 0.29) is 5.43 Å². The van der Waals surface area contributed by atoms with Crippen LogP contribution in [0.25, 0.3) is 12.2 Å². The molecule has 1 aromatic heterocycles. The van der Waals surface area contributed by atoms with Crippen LogP contribution in [0, 0.1) is 0 Å². The number of pyridine rings is 1. The van der Waals surface area contributed by atoms with Crippen molar-refractivity contribution in [3.8, 4) is 0 Å². The average Bonchev–Trinajstić information content (AvgIpc) is 2.32. The number of aryl methyl sites for hydroxylation is 1. The van der Waals surface area contributed by atoms with E-state index in [1.165, 1.54) is 0 Å². The van der Waals surface area contributed by atoms with Crippen LogP contribution >= 0.6 is 0 Å². The Hall–Kier alpha value is -2.09. The second-order valence-corrected chi connectivity index (χ2v) is 3.67. The summed E-state index contributed by atoms with van der Waals surface area (Å²) in [5.74, 6) is 0. The first-order valence-corrected chi connectivity index (χ1v) is 5.15. The van der Waals surface area contributed by atoms with Crippen molar-refractivity contribution in [2.24, 2.45) is 7.05 Å².